The van der Waals surface area contributed by atoms with Gasteiger partial charge in [0.25, 0.3) is 0 Å². The van der Waals surface area contributed by atoms with Crippen molar-refractivity contribution in [3.05, 3.63) is 29.8 Å². The van der Waals surface area contributed by atoms with Crippen LogP contribution in [0.3, 0.4) is 0 Å². The summed E-state index contributed by atoms with van der Waals surface area (Å²) in [7, 11) is 1.49. The van der Waals surface area contributed by atoms with E-state index in [0.717, 1.165) is 5.56 Å². The van der Waals surface area contributed by atoms with Crippen LogP contribution >= 0.6 is 0 Å². The van der Waals surface area contributed by atoms with Crippen LogP contribution in [0.25, 0.3) is 0 Å². The molecule has 0 unspecified atom stereocenters. The van der Waals surface area contributed by atoms with Gasteiger partial charge in [0.15, 0.2) is 0 Å². The average Bonchev–Trinajstić information content (AvgIpc) is 2.29. The van der Waals surface area contributed by atoms with Gasteiger partial charge in [0.2, 0.25) is 5.91 Å². The van der Waals surface area contributed by atoms with Crippen LogP contribution in [-0.4, -0.2) is 30.4 Å². The summed E-state index contributed by atoms with van der Waals surface area (Å²) in [4.78, 5) is 23.7. The topological polar surface area (TPSA) is 101 Å². The predicted molar refractivity (Wildman–Crippen MR) is 64.9 cm³/mol. The molecule has 5 N–H and O–H groups in total. The number of urea groups is 1. The van der Waals surface area contributed by atoms with Gasteiger partial charge >= 0.3 is 6.03 Å². The maximum atomic E-state index is 11.5. The Bertz CT molecular complexity index is 420. The summed E-state index contributed by atoms with van der Waals surface area (Å²) in [6.07, 6.45) is 0. The molecular formula is C11H16N4O2. The Balaban J connectivity index is 2.82. The highest BCUT2D eigenvalue weighted by molar-refractivity contribution is 5.82. The quantitative estimate of drug-likeness (QED) is 0.636. The minimum Gasteiger partial charge on any atom is -0.398 e. The summed E-state index contributed by atoms with van der Waals surface area (Å²) in [5, 5.41) is 2.45. The Morgan fingerprint density at radius 3 is 2.53 bits per heavy atom. The van der Waals surface area contributed by atoms with Crippen molar-refractivity contribution in [2.75, 3.05) is 19.3 Å². The number of nitrogen functional groups attached to an aromatic ring is 1. The normalized spacial score (nSPS) is 9.71. The molecule has 1 aromatic carbocycles. The number of nitrogens with two attached hydrogens (primary N) is 2. The SMILES string of the molecule is CNC(=O)N(CC(N)=O)Cc1ccccc1N. The van der Waals surface area contributed by atoms with Crippen LogP contribution in [-0.2, 0) is 11.3 Å². The lowest BCUT2D eigenvalue weighted by Gasteiger charge is -2.21. The van der Waals surface area contributed by atoms with Gasteiger partial charge in [-0.2, -0.15) is 0 Å². The number of carbonyl (C=O) groups excluding carboxylic acids is 2. The molecule has 0 aliphatic rings. The molecule has 0 fully saturated rings. The number of rotatable bonds is 4. The number of nitrogens with zero attached hydrogens (tertiary/aromatic N) is 1. The van der Waals surface area contributed by atoms with Gasteiger partial charge in [-0.15, -0.1) is 0 Å². The first-order valence-corrected chi connectivity index (χ1v) is 5.13. The third kappa shape index (κ3) is 3.67. The fourth-order valence-electron chi connectivity index (χ4n) is 1.43. The van der Waals surface area contributed by atoms with Gasteiger partial charge in [0.05, 0.1) is 0 Å². The standard InChI is InChI=1S/C11H16N4O2/c1-14-11(17)15(7-10(13)16)6-8-4-2-3-5-9(8)12/h2-5H,6-7,12H2,1H3,(H2,13,16)(H,14,17). The van der Waals surface area contributed by atoms with Crippen LogP contribution in [0.5, 0.6) is 0 Å². The molecule has 6 nitrogen and oxygen atoms in total. The second kappa shape index (κ2) is 5.74. The first kappa shape index (κ1) is 12.8. The first-order valence-electron chi connectivity index (χ1n) is 5.13. The number of nitrogens with one attached hydrogen (secondary N) is 1. The lowest BCUT2D eigenvalue weighted by Crippen LogP contribution is -2.42. The van der Waals surface area contributed by atoms with E-state index in [0.29, 0.717) is 5.69 Å². The molecule has 0 bridgehead atoms. The van der Waals surface area contributed by atoms with E-state index in [2.05, 4.69) is 5.32 Å². The number of primary amides is 1. The monoisotopic (exact) mass is 236 g/mol. The zero-order chi connectivity index (χ0) is 12.8. The lowest BCUT2D eigenvalue weighted by molar-refractivity contribution is -0.118. The van der Waals surface area contributed by atoms with Crippen molar-refractivity contribution in [3.63, 3.8) is 0 Å². The number of carbonyl (C=O) groups is 2. The number of hydrogen-bond acceptors (Lipinski definition) is 3. The molecule has 0 saturated heterocycles. The Morgan fingerprint density at radius 1 is 1.35 bits per heavy atom. The van der Waals surface area contributed by atoms with Gasteiger partial charge in [0, 0.05) is 19.3 Å². The van der Waals surface area contributed by atoms with E-state index in [1.165, 1.54) is 11.9 Å². The van der Waals surface area contributed by atoms with E-state index in [-0.39, 0.29) is 19.1 Å². The average molecular weight is 236 g/mol. The minimum atomic E-state index is -0.567. The second-order valence-corrected chi connectivity index (χ2v) is 3.58. The van der Waals surface area contributed by atoms with Gasteiger partial charge in [-0.25, -0.2) is 4.79 Å². The van der Waals surface area contributed by atoms with Crippen molar-refractivity contribution >= 4 is 17.6 Å². The molecule has 0 radical (unpaired) electrons. The van der Waals surface area contributed by atoms with Gasteiger partial charge in [-0.1, -0.05) is 18.2 Å². The molecule has 6 heteroatoms. The molecule has 0 heterocycles. The number of benzene rings is 1. The Hall–Kier alpha value is -2.24. The third-order valence-electron chi connectivity index (χ3n) is 2.26. The molecular weight excluding hydrogens is 220 g/mol. The summed E-state index contributed by atoms with van der Waals surface area (Å²) in [5.74, 6) is -0.567. The van der Waals surface area contributed by atoms with Crippen molar-refractivity contribution < 1.29 is 9.59 Å². The molecule has 17 heavy (non-hydrogen) atoms. The molecule has 0 aromatic heterocycles. The van der Waals surface area contributed by atoms with E-state index in [4.69, 9.17) is 11.5 Å². The number of para-hydroxylation sites is 1. The second-order valence-electron chi connectivity index (χ2n) is 3.58. The van der Waals surface area contributed by atoms with Gasteiger partial charge < -0.3 is 21.7 Å². The number of anilines is 1. The van der Waals surface area contributed by atoms with Crippen LogP contribution in [0.2, 0.25) is 0 Å². The van der Waals surface area contributed by atoms with Crippen LogP contribution in [0.15, 0.2) is 24.3 Å². The fourth-order valence-corrected chi connectivity index (χ4v) is 1.43. The van der Waals surface area contributed by atoms with Gasteiger partial charge in [-0.3, -0.25) is 4.79 Å². The van der Waals surface area contributed by atoms with E-state index in [9.17, 15) is 9.59 Å². The van der Waals surface area contributed by atoms with E-state index in [1.54, 1.807) is 18.2 Å². The predicted octanol–water partition coefficient (Wildman–Crippen LogP) is -0.104. The van der Waals surface area contributed by atoms with Crippen LogP contribution in [0.4, 0.5) is 10.5 Å². The summed E-state index contributed by atoms with van der Waals surface area (Å²) < 4.78 is 0. The zero-order valence-electron chi connectivity index (χ0n) is 9.64. The minimum absolute atomic E-state index is 0.145. The molecule has 92 valence electrons. The van der Waals surface area contributed by atoms with Crippen molar-refractivity contribution in [2.45, 2.75) is 6.54 Å². The molecule has 1 aromatic rings. The lowest BCUT2D eigenvalue weighted by atomic mass is 10.1. The fraction of sp³-hybridized carbons (Fsp3) is 0.273. The van der Waals surface area contributed by atoms with E-state index in [1.807, 2.05) is 6.07 Å². The highest BCUT2D eigenvalue weighted by Gasteiger charge is 2.15. The highest BCUT2D eigenvalue weighted by Crippen LogP contribution is 2.13. The van der Waals surface area contributed by atoms with Crippen molar-refractivity contribution in [2.24, 2.45) is 5.73 Å². The third-order valence-corrected chi connectivity index (χ3v) is 2.26. The zero-order valence-corrected chi connectivity index (χ0v) is 9.64. The molecule has 0 atom stereocenters. The number of amides is 3. The first-order chi connectivity index (χ1) is 8.04. The summed E-state index contributed by atoms with van der Waals surface area (Å²) >= 11 is 0. The smallest absolute Gasteiger partial charge is 0.317 e. The summed E-state index contributed by atoms with van der Waals surface area (Å²) in [5.41, 5.74) is 12.2. The van der Waals surface area contributed by atoms with Crippen molar-refractivity contribution in [1.29, 1.82) is 0 Å². The van der Waals surface area contributed by atoms with Crippen LogP contribution < -0.4 is 16.8 Å². The van der Waals surface area contributed by atoms with Crippen LogP contribution in [0.1, 0.15) is 5.56 Å². The Labute approximate surface area is 99.6 Å². The summed E-state index contributed by atoms with van der Waals surface area (Å²) in [6.45, 7) is 0.100. The van der Waals surface area contributed by atoms with Crippen molar-refractivity contribution in [3.8, 4) is 0 Å². The molecule has 1 rings (SSSR count). The number of hydrogen-bond donors (Lipinski definition) is 3. The molecule has 0 saturated carbocycles. The van der Waals surface area contributed by atoms with E-state index >= 15 is 0 Å². The van der Waals surface area contributed by atoms with Gasteiger partial charge in [-0.05, 0) is 11.6 Å². The van der Waals surface area contributed by atoms with Gasteiger partial charge in [0.1, 0.15) is 6.54 Å². The maximum Gasteiger partial charge on any atom is 0.317 e. The Kier molecular flexibility index (Phi) is 4.33. The van der Waals surface area contributed by atoms with Crippen LogP contribution in [0, 0.1) is 0 Å². The molecule has 0 aliphatic heterocycles. The highest BCUT2D eigenvalue weighted by atomic mass is 16.2. The molecule has 0 spiro atoms. The summed E-state index contributed by atoms with van der Waals surface area (Å²) in [6, 6.07) is 6.79. The maximum absolute atomic E-state index is 11.5. The molecule has 3 amide bonds. The Morgan fingerprint density at radius 2 is 2.00 bits per heavy atom. The van der Waals surface area contributed by atoms with E-state index < -0.39 is 5.91 Å². The molecule has 0 aliphatic carbocycles. The van der Waals surface area contributed by atoms with Crippen molar-refractivity contribution in [1.82, 2.24) is 10.2 Å². The largest absolute Gasteiger partial charge is 0.398 e.